The largest absolute Gasteiger partial charge is 0.506 e. The summed E-state index contributed by atoms with van der Waals surface area (Å²) in [7, 11) is 0. The van der Waals surface area contributed by atoms with E-state index in [-0.39, 0.29) is 36.5 Å². The molecule has 0 aliphatic heterocycles. The third kappa shape index (κ3) is 4.73. The van der Waals surface area contributed by atoms with Gasteiger partial charge in [0.25, 0.3) is 0 Å². The van der Waals surface area contributed by atoms with Crippen LogP contribution in [-0.4, -0.2) is 57.3 Å². The Labute approximate surface area is 258 Å². The summed E-state index contributed by atoms with van der Waals surface area (Å²) in [5.41, 5.74) is -4.36. The fourth-order valence-corrected chi connectivity index (χ4v) is 8.31. The number of ether oxygens (including phenoxy) is 1. The van der Waals surface area contributed by atoms with Crippen LogP contribution >= 0.6 is 0 Å². The first-order valence-electron chi connectivity index (χ1n) is 15.4. The molecule has 1 aromatic rings. The lowest BCUT2D eigenvalue weighted by Crippen LogP contribution is -2.76. The van der Waals surface area contributed by atoms with Crippen molar-refractivity contribution in [1.82, 2.24) is 0 Å². The number of aromatic hydroxyl groups is 1. The predicted molar refractivity (Wildman–Crippen MR) is 160 cm³/mol. The molecule has 0 heterocycles. The molecule has 0 spiro atoms. The van der Waals surface area contributed by atoms with Crippen molar-refractivity contribution in [3.05, 3.63) is 28.3 Å². The van der Waals surface area contributed by atoms with E-state index >= 15 is 0 Å². The van der Waals surface area contributed by atoms with E-state index in [2.05, 4.69) is 11.8 Å². The van der Waals surface area contributed by atoms with Crippen LogP contribution in [0.3, 0.4) is 0 Å². The van der Waals surface area contributed by atoms with E-state index in [1.165, 1.54) is 0 Å². The molecule has 6 atom stereocenters. The molecular formula is C35H42O9. The molecule has 2 N–H and O–H groups in total. The molecule has 9 heteroatoms. The Hall–Kier alpha value is -3.64. The van der Waals surface area contributed by atoms with Crippen molar-refractivity contribution in [2.45, 2.75) is 92.6 Å². The number of hydrogen-bond donors (Lipinski definition) is 2. The maximum Gasteiger partial charge on any atom is 0.384 e. The first-order valence-corrected chi connectivity index (χ1v) is 15.4. The van der Waals surface area contributed by atoms with Gasteiger partial charge in [0.15, 0.2) is 28.7 Å². The van der Waals surface area contributed by atoms with Crippen LogP contribution in [0, 0.1) is 46.3 Å². The van der Waals surface area contributed by atoms with Gasteiger partial charge < -0.3 is 14.9 Å². The number of phenolic OH excluding ortho intramolecular Hbond substituents is 1. The monoisotopic (exact) mass is 606 g/mol. The van der Waals surface area contributed by atoms with Gasteiger partial charge in [-0.05, 0) is 60.6 Å². The number of esters is 1. The van der Waals surface area contributed by atoms with Gasteiger partial charge in [-0.3, -0.25) is 24.0 Å². The summed E-state index contributed by atoms with van der Waals surface area (Å²) in [6.07, 6.45) is 1.62. The Balaban J connectivity index is 1.92. The maximum atomic E-state index is 14.5. The molecule has 3 unspecified atom stereocenters. The summed E-state index contributed by atoms with van der Waals surface area (Å²) in [6.45, 7) is 13.8. The second kappa shape index (κ2) is 11.4. The molecule has 2 saturated carbocycles. The van der Waals surface area contributed by atoms with Crippen LogP contribution < -0.4 is 0 Å². The topological polar surface area (TPSA) is 152 Å². The van der Waals surface area contributed by atoms with Crippen LogP contribution in [0.15, 0.2) is 6.07 Å². The summed E-state index contributed by atoms with van der Waals surface area (Å²) in [4.78, 5) is 81.0. The van der Waals surface area contributed by atoms with Gasteiger partial charge in [-0.15, -0.1) is 0 Å². The number of fused-ring (bicyclic) bond motifs is 3. The Bertz CT molecular complexity index is 1540. The van der Waals surface area contributed by atoms with E-state index in [0.29, 0.717) is 17.5 Å². The van der Waals surface area contributed by atoms with E-state index in [1.54, 1.807) is 33.8 Å². The zero-order chi connectivity index (χ0) is 33.1. The molecule has 3 aliphatic carbocycles. The van der Waals surface area contributed by atoms with Gasteiger partial charge in [-0.1, -0.05) is 60.8 Å². The Morgan fingerprint density at radius 3 is 2.27 bits per heavy atom. The lowest BCUT2D eigenvalue weighted by Gasteiger charge is -2.62. The minimum absolute atomic E-state index is 0.0134. The number of carbonyl (C=O) groups is 6. The highest BCUT2D eigenvalue weighted by Gasteiger charge is 2.76. The van der Waals surface area contributed by atoms with Crippen molar-refractivity contribution in [3.8, 4) is 17.6 Å². The van der Waals surface area contributed by atoms with Crippen molar-refractivity contribution in [3.63, 3.8) is 0 Å². The van der Waals surface area contributed by atoms with Crippen LogP contribution in [0.2, 0.25) is 0 Å². The number of aliphatic hydroxyl groups is 1. The van der Waals surface area contributed by atoms with Crippen LogP contribution in [0.1, 0.15) is 108 Å². The summed E-state index contributed by atoms with van der Waals surface area (Å²) >= 11 is 0. The van der Waals surface area contributed by atoms with Crippen LogP contribution in [0.4, 0.5) is 0 Å². The van der Waals surface area contributed by atoms with Gasteiger partial charge in [0, 0.05) is 17.3 Å². The quantitative estimate of drug-likeness (QED) is 0.212. The van der Waals surface area contributed by atoms with Crippen molar-refractivity contribution >= 4 is 34.9 Å². The van der Waals surface area contributed by atoms with E-state index in [1.807, 2.05) is 20.8 Å². The van der Waals surface area contributed by atoms with Crippen LogP contribution in [0.5, 0.6) is 5.75 Å². The second-order valence-electron chi connectivity index (χ2n) is 13.9. The molecule has 236 valence electrons. The van der Waals surface area contributed by atoms with E-state index in [9.17, 15) is 39.0 Å². The molecule has 2 fully saturated rings. The number of benzene rings is 1. The van der Waals surface area contributed by atoms with Crippen molar-refractivity contribution in [2.75, 3.05) is 6.61 Å². The fourth-order valence-electron chi connectivity index (χ4n) is 8.31. The average molecular weight is 607 g/mol. The van der Waals surface area contributed by atoms with E-state index < -0.39 is 80.7 Å². The summed E-state index contributed by atoms with van der Waals surface area (Å²) < 4.78 is 5.08. The maximum absolute atomic E-state index is 14.5. The third-order valence-electron chi connectivity index (χ3n) is 10.1. The number of Topliss-reactive ketones (excluding diaryl/α,β-unsaturated/α-hetero) is 5. The molecule has 9 nitrogen and oxygen atoms in total. The zero-order valence-electron chi connectivity index (χ0n) is 26.8. The van der Waals surface area contributed by atoms with Gasteiger partial charge in [0.05, 0.1) is 23.7 Å². The number of ketones is 5. The van der Waals surface area contributed by atoms with Crippen LogP contribution in [0.25, 0.3) is 0 Å². The Kier molecular flexibility index (Phi) is 8.60. The normalized spacial score (nSPS) is 31.2. The first kappa shape index (κ1) is 33.3. The highest BCUT2D eigenvalue weighted by molar-refractivity contribution is 6.32. The fraction of sp³-hybridized carbons (Fsp3) is 0.600. The number of hydrogen-bond acceptors (Lipinski definition) is 9. The zero-order valence-corrected chi connectivity index (χ0v) is 26.8. The van der Waals surface area contributed by atoms with E-state index in [0.717, 1.165) is 13.3 Å². The molecule has 0 amide bonds. The Morgan fingerprint density at radius 2 is 1.73 bits per heavy atom. The second-order valence-corrected chi connectivity index (χ2v) is 13.9. The molecule has 0 radical (unpaired) electrons. The van der Waals surface area contributed by atoms with Crippen molar-refractivity contribution in [1.29, 1.82) is 0 Å². The number of phenols is 1. The smallest absolute Gasteiger partial charge is 0.384 e. The van der Waals surface area contributed by atoms with Gasteiger partial charge in [0.1, 0.15) is 17.5 Å². The molecule has 0 aromatic heterocycles. The molecule has 3 aliphatic rings. The van der Waals surface area contributed by atoms with Crippen LogP contribution in [-0.2, 0) is 35.1 Å². The van der Waals surface area contributed by atoms with E-state index in [4.69, 9.17) is 4.74 Å². The molecule has 0 saturated heterocycles. The summed E-state index contributed by atoms with van der Waals surface area (Å²) in [5.74, 6) is -5.59. The molecular weight excluding hydrogens is 564 g/mol. The molecule has 0 bridgehead atoms. The minimum Gasteiger partial charge on any atom is -0.506 e. The number of carbonyl (C=O) groups excluding carboxylic acids is 6. The minimum atomic E-state index is -2.76. The third-order valence-corrected chi connectivity index (χ3v) is 10.1. The average Bonchev–Trinajstić information content (AvgIpc) is 2.89. The van der Waals surface area contributed by atoms with Crippen molar-refractivity contribution in [2.24, 2.45) is 34.5 Å². The lowest BCUT2D eigenvalue weighted by atomic mass is 9.39. The van der Waals surface area contributed by atoms with Gasteiger partial charge in [0.2, 0.25) is 0 Å². The Morgan fingerprint density at radius 1 is 1.09 bits per heavy atom. The predicted octanol–water partition coefficient (Wildman–Crippen LogP) is 3.91. The van der Waals surface area contributed by atoms with Gasteiger partial charge in [-0.2, -0.15) is 0 Å². The highest BCUT2D eigenvalue weighted by Crippen LogP contribution is 2.64. The molecule has 44 heavy (non-hydrogen) atoms. The highest BCUT2D eigenvalue weighted by atomic mass is 16.5. The number of rotatable bonds is 6. The van der Waals surface area contributed by atoms with Crippen molar-refractivity contribution < 1.29 is 43.7 Å². The van der Waals surface area contributed by atoms with Gasteiger partial charge >= 0.3 is 5.97 Å². The lowest BCUT2D eigenvalue weighted by molar-refractivity contribution is -0.205. The standard InChI is InChI=1S/C35H42O9/c1-9-10-13-44-23(37)12-11-20-14-21(17(2)3)22-15-33(7)16-34(8)26(18(4)5)29(39)24(19(6)36)31(41)35(34,43)32(42)27(33)30(40)25(22)28(20)38/h14,17-18,24,26-27,38,43H,9-10,13,15-16H2,1-8H3/t24?,26?,27?,33-,34-,35+/m1/s1. The molecule has 1 aromatic carbocycles. The first-order chi connectivity index (χ1) is 20.4. The SMILES string of the molecule is CCCCOC(=O)C#Cc1cc(C(C)C)c2c(c1O)C(=O)C1C(=O)[C@@]3(O)C(=O)C(C(C)=O)C(=O)C(C(C)C)[C@@]3(C)C[C@@]1(C)C2. The molecule has 4 rings (SSSR count). The number of unbranched alkanes of at least 4 members (excludes halogenated alkanes) is 1. The summed E-state index contributed by atoms with van der Waals surface area (Å²) in [6, 6.07) is 1.63. The summed E-state index contributed by atoms with van der Waals surface area (Å²) in [5, 5.41) is 23.5. The van der Waals surface area contributed by atoms with Gasteiger partial charge in [-0.25, -0.2) is 4.79 Å².